The van der Waals surface area contributed by atoms with E-state index in [0.717, 1.165) is 31.2 Å². The Morgan fingerprint density at radius 2 is 1.77 bits per heavy atom. The van der Waals surface area contributed by atoms with Gasteiger partial charge in [-0.15, -0.1) is 5.10 Å². The maximum absolute atomic E-state index is 14.3. The lowest BCUT2D eigenvalue weighted by Gasteiger charge is -2.25. The molecule has 3 aromatic rings. The van der Waals surface area contributed by atoms with Crippen molar-refractivity contribution in [3.8, 4) is 5.69 Å². The fourth-order valence-corrected chi connectivity index (χ4v) is 3.56. The number of hydrogen-bond donors (Lipinski definition) is 1. The molecule has 0 radical (unpaired) electrons. The maximum Gasteiger partial charge on any atom is 0.279 e. The van der Waals surface area contributed by atoms with Gasteiger partial charge in [0.05, 0.1) is 5.39 Å². The van der Waals surface area contributed by atoms with E-state index in [-0.39, 0.29) is 17.3 Å². The Balaban J connectivity index is 1.96. The van der Waals surface area contributed by atoms with Gasteiger partial charge in [-0.05, 0) is 31.0 Å². The molecule has 2 aromatic carbocycles. The van der Waals surface area contributed by atoms with Crippen molar-refractivity contribution in [1.29, 1.82) is 0 Å². The number of nitrogens with two attached hydrogens (primary N) is 1. The van der Waals surface area contributed by atoms with Crippen LogP contribution in [0, 0.1) is 5.82 Å². The molecule has 1 atom stereocenters. The summed E-state index contributed by atoms with van der Waals surface area (Å²) in [6.45, 7) is 1.49. The van der Waals surface area contributed by atoms with E-state index in [1.165, 1.54) is 10.7 Å². The summed E-state index contributed by atoms with van der Waals surface area (Å²) in [5.74, 6) is 0.205. The van der Waals surface area contributed by atoms with Crippen LogP contribution in [0.4, 0.5) is 10.2 Å². The van der Waals surface area contributed by atoms with E-state index in [4.69, 9.17) is 5.73 Å². The van der Waals surface area contributed by atoms with Gasteiger partial charge >= 0.3 is 0 Å². The molecule has 0 saturated carbocycles. The minimum absolute atomic E-state index is 0.0619. The molecule has 2 heterocycles. The van der Waals surface area contributed by atoms with Crippen LogP contribution in [0.25, 0.3) is 16.5 Å². The van der Waals surface area contributed by atoms with Crippen LogP contribution >= 0.6 is 0 Å². The summed E-state index contributed by atoms with van der Waals surface area (Å²) in [6.07, 6.45) is 3.06. The third-order valence-corrected chi connectivity index (χ3v) is 4.87. The normalized spacial score (nSPS) is 18.1. The summed E-state index contributed by atoms with van der Waals surface area (Å²) in [4.78, 5) is 15.1. The summed E-state index contributed by atoms with van der Waals surface area (Å²) < 4.78 is 15.5. The second kappa shape index (κ2) is 6.88. The molecular weight excluding hydrogens is 331 g/mol. The van der Waals surface area contributed by atoms with E-state index >= 15 is 0 Å². The predicted octanol–water partition coefficient (Wildman–Crippen LogP) is 2.84. The Bertz CT molecular complexity index is 1000. The summed E-state index contributed by atoms with van der Waals surface area (Å²) in [6, 6.07) is 13.6. The minimum Gasteiger partial charge on any atom is -0.353 e. The van der Waals surface area contributed by atoms with Crippen molar-refractivity contribution < 1.29 is 4.39 Å². The first-order valence-corrected chi connectivity index (χ1v) is 8.92. The third kappa shape index (κ3) is 2.97. The molecule has 0 aliphatic carbocycles. The van der Waals surface area contributed by atoms with Crippen LogP contribution in [0.15, 0.2) is 53.3 Å². The van der Waals surface area contributed by atoms with E-state index in [9.17, 15) is 9.18 Å². The van der Waals surface area contributed by atoms with Gasteiger partial charge in [-0.1, -0.05) is 36.8 Å². The minimum atomic E-state index is -0.476. The van der Waals surface area contributed by atoms with Gasteiger partial charge in [-0.25, -0.2) is 4.39 Å². The highest BCUT2D eigenvalue weighted by atomic mass is 19.1. The maximum atomic E-state index is 14.3. The van der Waals surface area contributed by atoms with E-state index in [1.54, 1.807) is 24.3 Å². The fraction of sp³-hybridized carbons (Fsp3) is 0.300. The second-order valence-electron chi connectivity index (χ2n) is 6.74. The highest BCUT2D eigenvalue weighted by Gasteiger charge is 2.21. The third-order valence-electron chi connectivity index (χ3n) is 4.87. The molecule has 5 nitrogen and oxygen atoms in total. The topological polar surface area (TPSA) is 64.2 Å². The van der Waals surface area contributed by atoms with E-state index in [2.05, 4.69) is 10.00 Å². The van der Waals surface area contributed by atoms with Crippen LogP contribution in [-0.2, 0) is 0 Å². The van der Waals surface area contributed by atoms with Crippen molar-refractivity contribution in [2.75, 3.05) is 18.0 Å². The van der Waals surface area contributed by atoms with Gasteiger partial charge < -0.3 is 10.6 Å². The Labute approximate surface area is 150 Å². The van der Waals surface area contributed by atoms with Gasteiger partial charge in [-0.2, -0.15) is 4.68 Å². The molecule has 0 spiro atoms. The van der Waals surface area contributed by atoms with Gasteiger partial charge in [0.15, 0.2) is 5.82 Å². The summed E-state index contributed by atoms with van der Waals surface area (Å²) in [7, 11) is 0. The smallest absolute Gasteiger partial charge is 0.279 e. The molecule has 6 heteroatoms. The van der Waals surface area contributed by atoms with Crippen LogP contribution in [0.1, 0.15) is 19.3 Å². The standard InChI is InChI=1S/C20H21FN4O/c21-17-10-3-4-11-18(17)25-20(26)16-9-2-1-8-15(16)19(23-25)24-12-6-5-7-14(22)13-24/h1-4,8-11,14H,5-7,12-13,22H2. The van der Waals surface area contributed by atoms with Gasteiger partial charge in [0.25, 0.3) is 5.56 Å². The molecular formula is C20H21FN4O. The molecule has 4 rings (SSSR count). The quantitative estimate of drug-likeness (QED) is 0.770. The van der Waals surface area contributed by atoms with Crippen molar-refractivity contribution in [2.24, 2.45) is 5.73 Å². The number of aromatic nitrogens is 2. The predicted molar refractivity (Wildman–Crippen MR) is 101 cm³/mol. The van der Waals surface area contributed by atoms with Crippen LogP contribution in [0.3, 0.4) is 0 Å². The molecule has 0 amide bonds. The molecule has 26 heavy (non-hydrogen) atoms. The lowest BCUT2D eigenvalue weighted by atomic mass is 10.1. The number of nitrogens with zero attached hydrogens (tertiary/aromatic N) is 3. The molecule has 134 valence electrons. The molecule has 0 bridgehead atoms. The van der Waals surface area contributed by atoms with Crippen LogP contribution in [0.5, 0.6) is 0 Å². The number of para-hydroxylation sites is 1. The van der Waals surface area contributed by atoms with Gasteiger partial charge in [-0.3, -0.25) is 4.79 Å². The zero-order valence-electron chi connectivity index (χ0n) is 14.4. The van der Waals surface area contributed by atoms with E-state index in [1.807, 2.05) is 18.2 Å². The van der Waals surface area contributed by atoms with E-state index < -0.39 is 5.82 Å². The van der Waals surface area contributed by atoms with Crippen LogP contribution in [0.2, 0.25) is 0 Å². The SMILES string of the molecule is NC1CCCCN(c2nn(-c3ccccc3F)c(=O)c3ccccc23)C1. The zero-order chi connectivity index (χ0) is 18.1. The van der Waals surface area contributed by atoms with Gasteiger partial charge in [0, 0.05) is 24.5 Å². The molecule has 1 fully saturated rings. The largest absolute Gasteiger partial charge is 0.353 e. The average molecular weight is 352 g/mol. The number of fused-ring (bicyclic) bond motifs is 1. The lowest BCUT2D eigenvalue weighted by Crippen LogP contribution is -2.37. The molecule has 1 saturated heterocycles. The first-order chi connectivity index (χ1) is 12.6. The van der Waals surface area contributed by atoms with Crippen molar-refractivity contribution in [3.05, 3.63) is 64.7 Å². The summed E-state index contributed by atoms with van der Waals surface area (Å²) >= 11 is 0. The lowest BCUT2D eigenvalue weighted by molar-refractivity contribution is 0.602. The van der Waals surface area contributed by atoms with Gasteiger partial charge in [0.2, 0.25) is 0 Å². The monoisotopic (exact) mass is 352 g/mol. The molecule has 1 aromatic heterocycles. The average Bonchev–Trinajstić information content (AvgIpc) is 2.87. The number of halogens is 1. The molecule has 2 N–H and O–H groups in total. The Morgan fingerprint density at radius 1 is 1.04 bits per heavy atom. The van der Waals surface area contributed by atoms with E-state index in [0.29, 0.717) is 17.7 Å². The highest BCUT2D eigenvalue weighted by molar-refractivity contribution is 5.91. The summed E-state index contributed by atoms with van der Waals surface area (Å²) in [5, 5.41) is 5.87. The summed E-state index contributed by atoms with van der Waals surface area (Å²) in [5.41, 5.74) is 6.04. The number of benzene rings is 2. The second-order valence-corrected chi connectivity index (χ2v) is 6.74. The fourth-order valence-electron chi connectivity index (χ4n) is 3.56. The first-order valence-electron chi connectivity index (χ1n) is 8.92. The van der Waals surface area contributed by atoms with Crippen LogP contribution < -0.4 is 16.2 Å². The Morgan fingerprint density at radius 3 is 2.58 bits per heavy atom. The zero-order valence-corrected chi connectivity index (χ0v) is 14.4. The Hall–Kier alpha value is -2.73. The van der Waals surface area contributed by atoms with Crippen molar-refractivity contribution in [3.63, 3.8) is 0 Å². The molecule has 1 aliphatic rings. The molecule has 1 aliphatic heterocycles. The number of rotatable bonds is 2. The first kappa shape index (κ1) is 16.7. The van der Waals surface area contributed by atoms with Crippen molar-refractivity contribution in [1.82, 2.24) is 9.78 Å². The highest BCUT2D eigenvalue weighted by Crippen LogP contribution is 2.25. The van der Waals surface area contributed by atoms with Gasteiger partial charge in [0.1, 0.15) is 11.5 Å². The van der Waals surface area contributed by atoms with Crippen molar-refractivity contribution >= 4 is 16.6 Å². The van der Waals surface area contributed by atoms with Crippen LogP contribution in [-0.4, -0.2) is 28.9 Å². The number of anilines is 1. The number of hydrogen-bond acceptors (Lipinski definition) is 4. The Kier molecular flexibility index (Phi) is 4.42. The van der Waals surface area contributed by atoms with Crippen molar-refractivity contribution in [2.45, 2.75) is 25.3 Å². The molecule has 1 unspecified atom stereocenters.